The Morgan fingerprint density at radius 1 is 0.792 bits per heavy atom. The van der Waals surface area contributed by atoms with E-state index in [2.05, 4.69) is 0 Å². The van der Waals surface area contributed by atoms with Crippen molar-refractivity contribution in [3.8, 4) is 5.75 Å². The summed E-state index contributed by atoms with van der Waals surface area (Å²) < 4.78 is 4.75. The fraction of sp³-hybridized carbons (Fsp3) is 0.222. The summed E-state index contributed by atoms with van der Waals surface area (Å²) in [6, 6.07) is 10.8. The van der Waals surface area contributed by atoms with Crippen LogP contribution in [0.15, 0.2) is 42.5 Å². The van der Waals surface area contributed by atoms with Gasteiger partial charge in [-0.1, -0.05) is 30.3 Å². The highest BCUT2D eigenvalue weighted by Gasteiger charge is 2.73. The number of ether oxygens (including phenoxy) is 1. The van der Waals surface area contributed by atoms with Crippen molar-refractivity contribution in [1.82, 2.24) is 0 Å². The number of cyclic esters (lactones) is 2. The van der Waals surface area contributed by atoms with Crippen LogP contribution in [0.4, 0.5) is 0 Å². The topological polar surface area (TPSA) is 104 Å². The van der Waals surface area contributed by atoms with Gasteiger partial charge in [-0.3, -0.25) is 9.59 Å². The van der Waals surface area contributed by atoms with Gasteiger partial charge < -0.3 is 20.1 Å². The molecule has 4 atom stereocenters. The van der Waals surface area contributed by atoms with Crippen LogP contribution >= 0.6 is 0 Å². The van der Waals surface area contributed by atoms with Crippen molar-refractivity contribution in [2.24, 2.45) is 11.8 Å². The lowest BCUT2D eigenvalue weighted by molar-refractivity contribution is -0.155. The molecule has 1 aliphatic heterocycles. The summed E-state index contributed by atoms with van der Waals surface area (Å²) in [5.41, 5.74) is -2.40. The highest BCUT2D eigenvalue weighted by atomic mass is 16.6. The first-order valence-corrected chi connectivity index (χ1v) is 7.54. The molecular weight excluding hydrogens is 312 g/mol. The van der Waals surface area contributed by atoms with E-state index in [1.54, 1.807) is 24.3 Å². The van der Waals surface area contributed by atoms with Crippen LogP contribution in [-0.2, 0) is 25.5 Å². The molecule has 2 bridgehead atoms. The van der Waals surface area contributed by atoms with Gasteiger partial charge >= 0.3 is 11.9 Å². The smallest absolute Gasteiger partial charge is 0.321 e. The number of aromatic hydroxyl groups is 1. The SMILES string of the molecule is O=C1OC(=O)C2C1C1(O)c3ccccc3C2(O)c2cc(O)ccc21. The van der Waals surface area contributed by atoms with Gasteiger partial charge in [0.25, 0.3) is 0 Å². The minimum absolute atomic E-state index is 0.106. The molecule has 1 heterocycles. The maximum atomic E-state index is 12.3. The number of phenolic OH excluding ortho intramolecular Hbond substituents is 1. The first-order valence-electron chi connectivity index (χ1n) is 7.54. The second kappa shape index (κ2) is 3.85. The van der Waals surface area contributed by atoms with Crippen LogP contribution in [0.5, 0.6) is 5.75 Å². The largest absolute Gasteiger partial charge is 0.508 e. The van der Waals surface area contributed by atoms with E-state index in [1.165, 1.54) is 18.2 Å². The fourth-order valence-corrected chi connectivity index (χ4v) is 4.61. The monoisotopic (exact) mass is 324 g/mol. The molecule has 6 heteroatoms. The summed E-state index contributed by atoms with van der Waals surface area (Å²) in [7, 11) is 0. The highest BCUT2D eigenvalue weighted by Crippen LogP contribution is 2.64. The first kappa shape index (κ1) is 13.7. The predicted octanol–water partition coefficient (Wildman–Crippen LogP) is 0.507. The second-order valence-corrected chi connectivity index (χ2v) is 6.50. The molecule has 4 unspecified atom stereocenters. The van der Waals surface area contributed by atoms with Gasteiger partial charge in [-0.15, -0.1) is 0 Å². The normalized spacial score (nSPS) is 35.2. The van der Waals surface area contributed by atoms with Crippen molar-refractivity contribution in [1.29, 1.82) is 0 Å². The fourth-order valence-electron chi connectivity index (χ4n) is 4.61. The third-order valence-electron chi connectivity index (χ3n) is 5.52. The minimum atomic E-state index is -1.84. The first-order chi connectivity index (χ1) is 11.4. The summed E-state index contributed by atoms with van der Waals surface area (Å²) in [6.07, 6.45) is 0. The summed E-state index contributed by atoms with van der Waals surface area (Å²) >= 11 is 0. The van der Waals surface area contributed by atoms with Crippen LogP contribution in [-0.4, -0.2) is 27.3 Å². The number of phenols is 1. The van der Waals surface area contributed by atoms with E-state index < -0.39 is 35.0 Å². The maximum absolute atomic E-state index is 12.3. The Labute approximate surface area is 135 Å². The van der Waals surface area contributed by atoms with Crippen LogP contribution in [0.2, 0.25) is 0 Å². The molecule has 6 nitrogen and oxygen atoms in total. The summed E-state index contributed by atoms with van der Waals surface area (Å²) in [5.74, 6) is -4.29. The van der Waals surface area contributed by atoms with Crippen LogP contribution in [0.25, 0.3) is 0 Å². The summed E-state index contributed by atoms with van der Waals surface area (Å²) in [6.45, 7) is 0. The van der Waals surface area contributed by atoms with Crippen molar-refractivity contribution < 1.29 is 29.6 Å². The standard InChI is InChI=1S/C18H12O6/c19-8-5-6-11-12(7-8)18(23)10-4-2-1-3-9(10)17(11,22)13-14(18)16(21)24-15(13)20/h1-7,13-14,19,22-23H. The molecule has 6 rings (SSSR count). The Balaban J connectivity index is 1.99. The molecule has 0 radical (unpaired) electrons. The Morgan fingerprint density at radius 3 is 1.88 bits per heavy atom. The van der Waals surface area contributed by atoms with Crippen LogP contribution < -0.4 is 0 Å². The van der Waals surface area contributed by atoms with Crippen molar-refractivity contribution >= 4 is 11.9 Å². The molecule has 0 spiro atoms. The molecule has 0 aromatic heterocycles. The third kappa shape index (κ3) is 1.20. The van der Waals surface area contributed by atoms with E-state index in [4.69, 9.17) is 4.74 Å². The molecule has 24 heavy (non-hydrogen) atoms. The zero-order chi connectivity index (χ0) is 16.9. The zero-order valence-corrected chi connectivity index (χ0v) is 12.3. The van der Waals surface area contributed by atoms with E-state index in [-0.39, 0.29) is 11.3 Å². The van der Waals surface area contributed by atoms with E-state index in [0.29, 0.717) is 16.7 Å². The number of hydrogen-bond donors (Lipinski definition) is 3. The van der Waals surface area contributed by atoms with Crippen LogP contribution in [0, 0.1) is 11.8 Å². The summed E-state index contributed by atoms with van der Waals surface area (Å²) in [4.78, 5) is 24.6. The number of esters is 2. The zero-order valence-electron chi connectivity index (χ0n) is 12.3. The van der Waals surface area contributed by atoms with E-state index in [0.717, 1.165) is 0 Å². The van der Waals surface area contributed by atoms with Gasteiger partial charge in [0.05, 0.1) is 0 Å². The molecule has 4 aliphatic rings. The Bertz CT molecular complexity index is 950. The van der Waals surface area contributed by atoms with Gasteiger partial charge in [-0.25, -0.2) is 0 Å². The average molecular weight is 324 g/mol. The lowest BCUT2D eigenvalue weighted by Gasteiger charge is -2.54. The molecule has 0 saturated carbocycles. The Morgan fingerprint density at radius 2 is 1.29 bits per heavy atom. The lowest BCUT2D eigenvalue weighted by atomic mass is 9.50. The average Bonchev–Trinajstić information content (AvgIpc) is 2.88. The summed E-state index contributed by atoms with van der Waals surface area (Å²) in [5, 5.41) is 32.9. The van der Waals surface area contributed by atoms with Crippen molar-refractivity contribution in [3.05, 3.63) is 64.7 Å². The van der Waals surface area contributed by atoms with Crippen molar-refractivity contribution in [3.63, 3.8) is 0 Å². The molecule has 1 saturated heterocycles. The highest BCUT2D eigenvalue weighted by molar-refractivity contribution is 6.00. The Hall–Kier alpha value is -2.70. The predicted molar refractivity (Wildman–Crippen MR) is 78.6 cm³/mol. The molecule has 3 N–H and O–H groups in total. The van der Waals surface area contributed by atoms with Crippen molar-refractivity contribution in [2.45, 2.75) is 11.2 Å². The van der Waals surface area contributed by atoms with Gasteiger partial charge in [0.15, 0.2) is 0 Å². The Kier molecular flexibility index (Phi) is 2.20. The van der Waals surface area contributed by atoms with Crippen molar-refractivity contribution in [2.75, 3.05) is 0 Å². The molecule has 2 aromatic carbocycles. The second-order valence-electron chi connectivity index (χ2n) is 6.50. The van der Waals surface area contributed by atoms with Gasteiger partial charge in [-0.2, -0.15) is 0 Å². The number of rotatable bonds is 0. The molecule has 0 amide bonds. The number of aliphatic hydroxyl groups is 2. The number of benzene rings is 2. The lowest BCUT2D eigenvalue weighted by Crippen LogP contribution is -2.61. The van der Waals surface area contributed by atoms with E-state index >= 15 is 0 Å². The minimum Gasteiger partial charge on any atom is -0.508 e. The number of hydrogen-bond acceptors (Lipinski definition) is 6. The number of carbonyl (C=O) groups is 2. The third-order valence-corrected chi connectivity index (χ3v) is 5.52. The van der Waals surface area contributed by atoms with Gasteiger partial charge in [-0.05, 0) is 34.4 Å². The van der Waals surface area contributed by atoms with Crippen LogP contribution in [0.1, 0.15) is 22.3 Å². The molecule has 2 aromatic rings. The molecule has 120 valence electrons. The van der Waals surface area contributed by atoms with Gasteiger partial charge in [0, 0.05) is 0 Å². The van der Waals surface area contributed by atoms with E-state index in [1.807, 2.05) is 0 Å². The number of carbonyl (C=O) groups excluding carboxylic acids is 2. The molecular formula is C18H12O6. The maximum Gasteiger partial charge on any atom is 0.321 e. The van der Waals surface area contributed by atoms with Crippen LogP contribution in [0.3, 0.4) is 0 Å². The van der Waals surface area contributed by atoms with Gasteiger partial charge in [0.1, 0.15) is 28.8 Å². The van der Waals surface area contributed by atoms with E-state index in [9.17, 15) is 24.9 Å². The van der Waals surface area contributed by atoms with Gasteiger partial charge in [0.2, 0.25) is 0 Å². The molecule has 1 fully saturated rings. The molecule has 3 aliphatic carbocycles. The quantitative estimate of drug-likeness (QED) is 0.482.